The van der Waals surface area contributed by atoms with Crippen molar-refractivity contribution in [2.75, 3.05) is 14.2 Å². The Hall–Kier alpha value is -2.57. The first-order valence-corrected chi connectivity index (χ1v) is 6.93. The summed E-state index contributed by atoms with van der Waals surface area (Å²) >= 11 is 0. The lowest BCUT2D eigenvalue weighted by Crippen LogP contribution is -2.33. The lowest BCUT2D eigenvalue weighted by molar-refractivity contribution is -0.124. The molecule has 0 spiro atoms. The highest BCUT2D eigenvalue weighted by Gasteiger charge is 2.20. The van der Waals surface area contributed by atoms with Crippen LogP contribution in [0.1, 0.15) is 31.5 Å². The van der Waals surface area contributed by atoms with E-state index in [1.165, 1.54) is 17.3 Å². The van der Waals surface area contributed by atoms with Gasteiger partial charge in [0.1, 0.15) is 30.2 Å². The Kier molecular flexibility index (Phi) is 4.98. The Labute approximate surface area is 129 Å². The van der Waals surface area contributed by atoms with Crippen LogP contribution in [0.3, 0.4) is 0 Å². The molecule has 7 heteroatoms. The Morgan fingerprint density at radius 1 is 1.27 bits per heavy atom. The summed E-state index contributed by atoms with van der Waals surface area (Å²) in [5.41, 5.74) is 0.848. The number of rotatable bonds is 6. The number of amides is 1. The van der Waals surface area contributed by atoms with E-state index < -0.39 is 6.04 Å². The zero-order valence-corrected chi connectivity index (χ0v) is 13.1. The fraction of sp³-hybridized carbons (Fsp3) is 0.400. The number of methoxy groups -OCH3 is 2. The summed E-state index contributed by atoms with van der Waals surface area (Å²) in [4.78, 5) is 16.2. The van der Waals surface area contributed by atoms with Crippen LogP contribution in [0.15, 0.2) is 30.9 Å². The van der Waals surface area contributed by atoms with E-state index in [1.54, 1.807) is 21.1 Å². The van der Waals surface area contributed by atoms with Crippen LogP contribution >= 0.6 is 0 Å². The minimum absolute atomic E-state index is 0.150. The predicted octanol–water partition coefficient (Wildman–Crippen LogP) is 1.73. The minimum Gasteiger partial charge on any atom is -0.497 e. The second kappa shape index (κ2) is 6.93. The molecule has 1 heterocycles. The first-order valence-electron chi connectivity index (χ1n) is 6.93. The average molecular weight is 304 g/mol. The molecule has 22 heavy (non-hydrogen) atoms. The first kappa shape index (κ1) is 15.8. The Morgan fingerprint density at radius 2 is 2.05 bits per heavy atom. The number of hydrogen-bond acceptors (Lipinski definition) is 5. The highest BCUT2D eigenvalue weighted by molar-refractivity contribution is 5.80. The maximum absolute atomic E-state index is 12.3. The molecule has 0 aliphatic carbocycles. The number of aromatic nitrogens is 3. The second-order valence-corrected chi connectivity index (χ2v) is 4.89. The molecule has 0 aliphatic heterocycles. The molecular weight excluding hydrogens is 284 g/mol. The SMILES string of the molecule is COc1ccc(OC)c(C(C)NC(=O)C(C)n2cncn2)c1. The van der Waals surface area contributed by atoms with Gasteiger partial charge < -0.3 is 14.8 Å². The first-order chi connectivity index (χ1) is 10.6. The highest BCUT2D eigenvalue weighted by atomic mass is 16.5. The number of benzene rings is 1. The van der Waals surface area contributed by atoms with E-state index in [2.05, 4.69) is 15.4 Å². The minimum atomic E-state index is -0.443. The maximum atomic E-state index is 12.3. The van der Waals surface area contributed by atoms with Gasteiger partial charge in [-0.2, -0.15) is 5.10 Å². The Bertz CT molecular complexity index is 628. The average Bonchev–Trinajstić information content (AvgIpc) is 3.07. The Morgan fingerprint density at radius 3 is 2.64 bits per heavy atom. The quantitative estimate of drug-likeness (QED) is 0.879. The molecular formula is C15H20N4O3. The van der Waals surface area contributed by atoms with Gasteiger partial charge in [-0.1, -0.05) is 0 Å². The van der Waals surface area contributed by atoms with Gasteiger partial charge in [0.05, 0.1) is 20.3 Å². The monoisotopic (exact) mass is 304 g/mol. The van der Waals surface area contributed by atoms with Gasteiger partial charge >= 0.3 is 0 Å². The van der Waals surface area contributed by atoms with Crippen molar-refractivity contribution in [3.8, 4) is 11.5 Å². The fourth-order valence-corrected chi connectivity index (χ4v) is 2.13. The molecule has 2 atom stereocenters. The lowest BCUT2D eigenvalue weighted by Gasteiger charge is -2.20. The maximum Gasteiger partial charge on any atom is 0.245 e. The van der Waals surface area contributed by atoms with Crippen molar-refractivity contribution in [3.63, 3.8) is 0 Å². The molecule has 0 aliphatic rings. The molecule has 2 aromatic rings. The highest BCUT2D eigenvalue weighted by Crippen LogP contribution is 2.29. The van der Waals surface area contributed by atoms with Crippen LogP contribution in [0.5, 0.6) is 11.5 Å². The number of ether oxygens (including phenoxy) is 2. The van der Waals surface area contributed by atoms with Crippen molar-refractivity contribution in [2.24, 2.45) is 0 Å². The molecule has 0 fully saturated rings. The molecule has 2 rings (SSSR count). The largest absolute Gasteiger partial charge is 0.497 e. The molecule has 1 N–H and O–H groups in total. The smallest absolute Gasteiger partial charge is 0.245 e. The topological polar surface area (TPSA) is 78.3 Å². The fourth-order valence-electron chi connectivity index (χ4n) is 2.13. The van der Waals surface area contributed by atoms with Crippen molar-refractivity contribution in [3.05, 3.63) is 36.4 Å². The molecule has 0 saturated heterocycles. The molecule has 7 nitrogen and oxygen atoms in total. The molecule has 0 radical (unpaired) electrons. The van der Waals surface area contributed by atoms with E-state index in [9.17, 15) is 4.79 Å². The number of carbonyl (C=O) groups excluding carboxylic acids is 1. The summed E-state index contributed by atoms with van der Waals surface area (Å²) < 4.78 is 12.1. The van der Waals surface area contributed by atoms with Crippen molar-refractivity contribution in [1.29, 1.82) is 0 Å². The zero-order chi connectivity index (χ0) is 16.1. The van der Waals surface area contributed by atoms with E-state index in [1.807, 2.05) is 25.1 Å². The van der Waals surface area contributed by atoms with Crippen LogP contribution in [-0.4, -0.2) is 34.9 Å². The van der Waals surface area contributed by atoms with Crippen LogP contribution in [0.25, 0.3) is 0 Å². The van der Waals surface area contributed by atoms with Crippen molar-refractivity contribution in [1.82, 2.24) is 20.1 Å². The summed E-state index contributed by atoms with van der Waals surface area (Å²) in [5, 5.41) is 6.93. The van der Waals surface area contributed by atoms with E-state index in [-0.39, 0.29) is 11.9 Å². The summed E-state index contributed by atoms with van der Waals surface area (Å²) in [5.74, 6) is 1.26. The van der Waals surface area contributed by atoms with Gasteiger partial charge in [0.15, 0.2) is 0 Å². The molecule has 2 unspecified atom stereocenters. The lowest BCUT2D eigenvalue weighted by atomic mass is 10.1. The van der Waals surface area contributed by atoms with Gasteiger partial charge in [0.2, 0.25) is 5.91 Å². The van der Waals surface area contributed by atoms with Crippen molar-refractivity contribution < 1.29 is 14.3 Å². The predicted molar refractivity (Wildman–Crippen MR) is 80.8 cm³/mol. The van der Waals surface area contributed by atoms with E-state index in [0.29, 0.717) is 11.5 Å². The number of nitrogens with one attached hydrogen (secondary N) is 1. The summed E-state index contributed by atoms with van der Waals surface area (Å²) in [6.45, 7) is 3.66. The third-order valence-corrected chi connectivity index (χ3v) is 3.48. The molecule has 1 aromatic carbocycles. The van der Waals surface area contributed by atoms with Crippen molar-refractivity contribution in [2.45, 2.75) is 25.9 Å². The number of carbonyl (C=O) groups is 1. The van der Waals surface area contributed by atoms with Gasteiger partial charge in [-0.3, -0.25) is 4.79 Å². The summed E-state index contributed by atoms with van der Waals surface area (Å²) in [7, 11) is 3.19. The van der Waals surface area contributed by atoms with Gasteiger partial charge in [-0.25, -0.2) is 9.67 Å². The third-order valence-electron chi connectivity index (χ3n) is 3.48. The second-order valence-electron chi connectivity index (χ2n) is 4.89. The summed E-state index contributed by atoms with van der Waals surface area (Å²) in [6.07, 6.45) is 2.92. The van der Waals surface area contributed by atoms with Gasteiger partial charge in [0.25, 0.3) is 0 Å². The van der Waals surface area contributed by atoms with Gasteiger partial charge in [0, 0.05) is 5.56 Å². The molecule has 0 saturated carbocycles. The van der Waals surface area contributed by atoms with Crippen LogP contribution in [0.4, 0.5) is 0 Å². The molecule has 1 amide bonds. The van der Waals surface area contributed by atoms with Crippen LogP contribution in [0.2, 0.25) is 0 Å². The van der Waals surface area contributed by atoms with E-state index in [4.69, 9.17) is 9.47 Å². The number of nitrogens with zero attached hydrogens (tertiary/aromatic N) is 3. The molecule has 1 aromatic heterocycles. The summed E-state index contributed by atoms with van der Waals surface area (Å²) in [6, 6.07) is 4.81. The molecule has 0 bridgehead atoms. The zero-order valence-electron chi connectivity index (χ0n) is 13.1. The van der Waals surface area contributed by atoms with Crippen molar-refractivity contribution >= 4 is 5.91 Å². The van der Waals surface area contributed by atoms with Crippen LogP contribution in [-0.2, 0) is 4.79 Å². The molecule has 118 valence electrons. The standard InChI is InChI=1S/C15H20N4O3/c1-10(13-7-12(21-3)5-6-14(13)22-4)18-15(20)11(2)19-9-16-8-17-19/h5-11H,1-4H3,(H,18,20). The van der Waals surface area contributed by atoms with E-state index >= 15 is 0 Å². The number of hydrogen-bond donors (Lipinski definition) is 1. The van der Waals surface area contributed by atoms with E-state index in [0.717, 1.165) is 5.56 Å². The third kappa shape index (κ3) is 3.36. The van der Waals surface area contributed by atoms with Gasteiger partial charge in [-0.15, -0.1) is 0 Å². The van der Waals surface area contributed by atoms with Gasteiger partial charge in [-0.05, 0) is 32.0 Å². The van der Waals surface area contributed by atoms with Crippen LogP contribution in [0, 0.1) is 0 Å². The normalized spacial score (nSPS) is 13.3. The van der Waals surface area contributed by atoms with Crippen LogP contribution < -0.4 is 14.8 Å². The Balaban J connectivity index is 2.14.